The Morgan fingerprint density at radius 2 is 2.25 bits per heavy atom. The SMILES string of the molecule is CC(C)(C)c1cc(SC#N)no1. The Bertz CT molecular complexity index is 306. The molecule has 64 valence electrons. The molecule has 0 fully saturated rings. The maximum absolute atomic E-state index is 8.36. The van der Waals surface area contributed by atoms with Crippen molar-refractivity contribution in [2.75, 3.05) is 0 Å². The zero-order valence-corrected chi connectivity index (χ0v) is 8.10. The zero-order valence-electron chi connectivity index (χ0n) is 7.29. The van der Waals surface area contributed by atoms with Crippen LogP contribution in [0.3, 0.4) is 0 Å². The lowest BCUT2D eigenvalue weighted by Crippen LogP contribution is -2.08. The van der Waals surface area contributed by atoms with Crippen molar-refractivity contribution in [3.05, 3.63) is 11.8 Å². The number of hydrogen-bond acceptors (Lipinski definition) is 4. The Hall–Kier alpha value is -0.950. The Labute approximate surface area is 75.7 Å². The van der Waals surface area contributed by atoms with Crippen molar-refractivity contribution in [1.29, 1.82) is 5.26 Å². The predicted molar refractivity (Wildman–Crippen MR) is 46.7 cm³/mol. The summed E-state index contributed by atoms with van der Waals surface area (Å²) in [4.78, 5) is 0. The maximum Gasteiger partial charge on any atom is 0.154 e. The number of hydrogen-bond donors (Lipinski definition) is 0. The van der Waals surface area contributed by atoms with E-state index >= 15 is 0 Å². The van der Waals surface area contributed by atoms with E-state index in [-0.39, 0.29) is 5.41 Å². The van der Waals surface area contributed by atoms with Crippen LogP contribution in [0.15, 0.2) is 15.6 Å². The number of thiocyanates is 1. The van der Waals surface area contributed by atoms with Gasteiger partial charge in [0.25, 0.3) is 0 Å². The number of thioether (sulfide) groups is 1. The molecule has 0 amide bonds. The molecule has 0 atom stereocenters. The lowest BCUT2D eigenvalue weighted by Gasteiger charge is -2.11. The quantitative estimate of drug-likeness (QED) is 0.494. The van der Waals surface area contributed by atoms with Crippen LogP contribution in [0.2, 0.25) is 0 Å². The smallest absolute Gasteiger partial charge is 0.154 e. The maximum atomic E-state index is 8.36. The van der Waals surface area contributed by atoms with E-state index in [1.807, 2.05) is 26.2 Å². The van der Waals surface area contributed by atoms with Crippen LogP contribution < -0.4 is 0 Å². The van der Waals surface area contributed by atoms with E-state index in [2.05, 4.69) is 5.16 Å². The zero-order chi connectivity index (χ0) is 9.19. The molecule has 1 aromatic rings. The monoisotopic (exact) mass is 182 g/mol. The molecule has 0 aromatic carbocycles. The molecule has 0 aliphatic heterocycles. The van der Waals surface area contributed by atoms with Gasteiger partial charge < -0.3 is 4.52 Å². The molecule has 1 heterocycles. The second-order valence-electron chi connectivity index (χ2n) is 3.47. The van der Waals surface area contributed by atoms with Crippen molar-refractivity contribution < 1.29 is 4.52 Å². The molecule has 0 radical (unpaired) electrons. The largest absolute Gasteiger partial charge is 0.360 e. The van der Waals surface area contributed by atoms with Gasteiger partial charge in [-0.05, 0) is 0 Å². The third-order valence-electron chi connectivity index (χ3n) is 1.38. The molecular formula is C8H10N2OS. The highest BCUT2D eigenvalue weighted by molar-refractivity contribution is 8.03. The summed E-state index contributed by atoms with van der Waals surface area (Å²) in [7, 11) is 0. The summed E-state index contributed by atoms with van der Waals surface area (Å²) in [5.41, 5.74) is -0.0404. The van der Waals surface area contributed by atoms with Crippen molar-refractivity contribution in [2.45, 2.75) is 31.2 Å². The molecule has 0 N–H and O–H groups in total. The highest BCUT2D eigenvalue weighted by Gasteiger charge is 2.19. The molecule has 0 saturated heterocycles. The van der Waals surface area contributed by atoms with Gasteiger partial charge in [0.05, 0.1) is 0 Å². The fraction of sp³-hybridized carbons (Fsp3) is 0.500. The summed E-state index contributed by atoms with van der Waals surface area (Å²) in [6, 6.07) is 1.80. The number of aromatic nitrogens is 1. The second-order valence-corrected chi connectivity index (χ2v) is 4.28. The van der Waals surface area contributed by atoms with E-state index in [0.717, 1.165) is 17.5 Å². The molecule has 0 aliphatic rings. The Morgan fingerprint density at radius 3 is 2.67 bits per heavy atom. The van der Waals surface area contributed by atoms with Crippen LogP contribution in [0.4, 0.5) is 0 Å². The number of nitriles is 1. The molecule has 0 spiro atoms. The first-order chi connectivity index (χ1) is 5.54. The highest BCUT2D eigenvalue weighted by atomic mass is 32.2. The van der Waals surface area contributed by atoms with E-state index in [1.165, 1.54) is 0 Å². The molecule has 0 unspecified atom stereocenters. The van der Waals surface area contributed by atoms with Gasteiger partial charge in [0, 0.05) is 23.2 Å². The molecule has 0 bridgehead atoms. The summed E-state index contributed by atoms with van der Waals surface area (Å²) >= 11 is 1.01. The Kier molecular flexibility index (Phi) is 2.43. The number of rotatable bonds is 1. The van der Waals surface area contributed by atoms with Gasteiger partial charge >= 0.3 is 0 Å². The van der Waals surface area contributed by atoms with Crippen molar-refractivity contribution >= 4 is 11.8 Å². The van der Waals surface area contributed by atoms with Gasteiger partial charge in [-0.25, -0.2) is 0 Å². The fourth-order valence-electron chi connectivity index (χ4n) is 0.707. The molecule has 4 heteroatoms. The fourth-order valence-corrected chi connectivity index (χ4v) is 1.04. The third kappa shape index (κ3) is 2.02. The van der Waals surface area contributed by atoms with Crippen molar-refractivity contribution in [2.24, 2.45) is 0 Å². The average Bonchev–Trinajstić information content (AvgIpc) is 2.35. The van der Waals surface area contributed by atoms with Crippen LogP contribution in [-0.2, 0) is 5.41 Å². The van der Waals surface area contributed by atoms with Crippen molar-refractivity contribution in [1.82, 2.24) is 5.16 Å². The summed E-state index contributed by atoms with van der Waals surface area (Å²) < 4.78 is 5.06. The third-order valence-corrected chi connectivity index (χ3v) is 1.87. The van der Waals surface area contributed by atoms with Crippen LogP contribution >= 0.6 is 11.8 Å². The molecule has 12 heavy (non-hydrogen) atoms. The van der Waals surface area contributed by atoms with Crippen molar-refractivity contribution in [3.8, 4) is 5.40 Å². The molecule has 0 aliphatic carbocycles. The Balaban J connectivity index is 2.86. The minimum absolute atomic E-state index is 0.0404. The molecule has 3 nitrogen and oxygen atoms in total. The van der Waals surface area contributed by atoms with Gasteiger partial charge in [-0.2, -0.15) is 5.26 Å². The van der Waals surface area contributed by atoms with Crippen LogP contribution in [0.1, 0.15) is 26.5 Å². The first-order valence-corrected chi connectivity index (χ1v) is 4.39. The van der Waals surface area contributed by atoms with Crippen LogP contribution in [-0.4, -0.2) is 5.16 Å². The van der Waals surface area contributed by atoms with E-state index < -0.39 is 0 Å². The van der Waals surface area contributed by atoms with E-state index in [0.29, 0.717) is 5.03 Å². The van der Waals surface area contributed by atoms with Crippen LogP contribution in [0, 0.1) is 10.7 Å². The summed E-state index contributed by atoms with van der Waals surface area (Å²) in [5, 5.41) is 14.7. The highest BCUT2D eigenvalue weighted by Crippen LogP contribution is 2.25. The molecule has 0 saturated carbocycles. The van der Waals surface area contributed by atoms with E-state index in [1.54, 1.807) is 6.07 Å². The van der Waals surface area contributed by atoms with Gasteiger partial charge in [-0.1, -0.05) is 25.9 Å². The minimum atomic E-state index is -0.0404. The normalized spacial score (nSPS) is 11.2. The molecular weight excluding hydrogens is 172 g/mol. The first-order valence-electron chi connectivity index (χ1n) is 3.57. The topological polar surface area (TPSA) is 49.8 Å². The van der Waals surface area contributed by atoms with Crippen LogP contribution in [0.25, 0.3) is 0 Å². The summed E-state index contributed by atoms with van der Waals surface area (Å²) in [6.45, 7) is 6.11. The van der Waals surface area contributed by atoms with E-state index in [4.69, 9.17) is 9.78 Å². The number of nitrogens with zero attached hydrogens (tertiary/aromatic N) is 2. The van der Waals surface area contributed by atoms with Crippen LogP contribution in [0.5, 0.6) is 0 Å². The Morgan fingerprint density at radius 1 is 1.58 bits per heavy atom. The summed E-state index contributed by atoms with van der Waals surface area (Å²) in [5.74, 6) is 0.806. The minimum Gasteiger partial charge on any atom is -0.360 e. The van der Waals surface area contributed by atoms with Crippen molar-refractivity contribution in [3.63, 3.8) is 0 Å². The first kappa shape index (κ1) is 9.14. The van der Waals surface area contributed by atoms with E-state index in [9.17, 15) is 0 Å². The van der Waals surface area contributed by atoms with Gasteiger partial charge in [0.1, 0.15) is 11.2 Å². The average molecular weight is 182 g/mol. The van der Waals surface area contributed by atoms with Gasteiger partial charge in [0.2, 0.25) is 0 Å². The predicted octanol–water partition coefficient (Wildman–Crippen LogP) is 2.55. The molecule has 1 rings (SSSR count). The molecule has 1 aromatic heterocycles. The van der Waals surface area contributed by atoms with Gasteiger partial charge in [0.15, 0.2) is 5.03 Å². The second kappa shape index (κ2) is 3.20. The standard InChI is InChI=1S/C8H10N2OS/c1-8(2,3)6-4-7(10-11-6)12-5-9/h4H,1-3H3. The lowest BCUT2D eigenvalue weighted by molar-refractivity contribution is 0.322. The van der Waals surface area contributed by atoms with Gasteiger partial charge in [-0.15, -0.1) is 0 Å². The van der Waals surface area contributed by atoms with Gasteiger partial charge in [-0.3, -0.25) is 0 Å². The summed E-state index contributed by atoms with van der Waals surface area (Å²) in [6.07, 6.45) is 0. The lowest BCUT2D eigenvalue weighted by atomic mass is 9.94.